The molecule has 5 heteroatoms. The molecule has 0 radical (unpaired) electrons. The van der Waals surface area contributed by atoms with Crippen LogP contribution in [-0.2, 0) is 0 Å². The first-order valence-corrected chi connectivity index (χ1v) is 5.50. The van der Waals surface area contributed by atoms with E-state index in [-0.39, 0.29) is 23.0 Å². The molecule has 3 N–H and O–H groups in total. The number of rotatable bonds is 2. The van der Waals surface area contributed by atoms with Crippen LogP contribution >= 0.6 is 23.2 Å². The zero-order valence-electron chi connectivity index (χ0n) is 7.21. The first-order valence-electron chi connectivity index (χ1n) is 4.63. The molecule has 2 rings (SSSR count). The number of hydrogen-bond acceptors (Lipinski definition) is 3. The molecule has 0 aromatic carbocycles. The summed E-state index contributed by atoms with van der Waals surface area (Å²) in [6, 6.07) is 0. The van der Waals surface area contributed by atoms with Gasteiger partial charge in [-0.05, 0) is 18.8 Å². The van der Waals surface area contributed by atoms with Crippen molar-refractivity contribution in [1.82, 2.24) is 10.6 Å². The summed E-state index contributed by atoms with van der Waals surface area (Å²) in [4.78, 5) is 0. The summed E-state index contributed by atoms with van der Waals surface area (Å²) in [6.45, 7) is 0.607. The fourth-order valence-corrected chi connectivity index (χ4v) is 2.59. The minimum atomic E-state index is -0.370. The summed E-state index contributed by atoms with van der Waals surface area (Å²) in [5.41, 5.74) is -0.446. The highest BCUT2D eigenvalue weighted by molar-refractivity contribution is 6.24. The lowest BCUT2D eigenvalue weighted by atomic mass is 9.96. The third-order valence-corrected chi connectivity index (χ3v) is 3.66. The first-order chi connectivity index (χ1) is 6.20. The molecule has 3 atom stereocenters. The molecular weight excluding hydrogens is 211 g/mol. The quantitative estimate of drug-likeness (QED) is 0.477. The van der Waals surface area contributed by atoms with Gasteiger partial charge in [-0.2, -0.15) is 0 Å². The molecule has 2 aliphatic rings. The van der Waals surface area contributed by atoms with Gasteiger partial charge in [0.15, 0.2) is 0 Å². The van der Waals surface area contributed by atoms with Gasteiger partial charge in [-0.1, -0.05) is 0 Å². The van der Waals surface area contributed by atoms with E-state index in [4.69, 9.17) is 23.2 Å². The monoisotopic (exact) mass is 224 g/mol. The highest BCUT2D eigenvalue weighted by atomic mass is 35.5. The number of halogens is 2. The smallest absolute Gasteiger partial charge is 0.0915 e. The van der Waals surface area contributed by atoms with Crippen LogP contribution in [-0.4, -0.2) is 28.9 Å². The molecule has 13 heavy (non-hydrogen) atoms. The van der Waals surface area contributed by atoms with Gasteiger partial charge in [0.05, 0.1) is 17.1 Å². The van der Waals surface area contributed by atoms with Crippen LogP contribution in [0.15, 0.2) is 0 Å². The molecule has 0 amide bonds. The minimum absolute atomic E-state index is 0.0930. The Labute approximate surface area is 87.8 Å². The van der Waals surface area contributed by atoms with E-state index in [1.54, 1.807) is 0 Å². The second-order valence-corrected chi connectivity index (χ2v) is 4.73. The van der Waals surface area contributed by atoms with Gasteiger partial charge in [-0.25, -0.2) is 0 Å². The fourth-order valence-electron chi connectivity index (χ4n) is 1.77. The predicted octanol–water partition coefficient (Wildman–Crippen LogP) is 0.654. The van der Waals surface area contributed by atoms with Crippen LogP contribution < -0.4 is 10.6 Å². The van der Waals surface area contributed by atoms with Gasteiger partial charge in [0.1, 0.15) is 0 Å². The Hall–Kier alpha value is 0.460. The normalized spacial score (nSPS) is 43.2. The van der Waals surface area contributed by atoms with Crippen molar-refractivity contribution in [2.45, 2.75) is 29.9 Å². The number of alkyl halides is 2. The zero-order valence-corrected chi connectivity index (χ0v) is 8.72. The largest absolute Gasteiger partial charge is 0.392 e. The standard InChI is InChI=1S/C8H14Cl2N2O/c9-7-5(6(13)4-1-2-4)8(10)12-3-11-7/h4-8,11-13H,1-3H2. The number of aliphatic hydroxyl groups is 1. The molecule has 2 fully saturated rings. The van der Waals surface area contributed by atoms with Gasteiger partial charge in [0, 0.05) is 12.6 Å². The summed E-state index contributed by atoms with van der Waals surface area (Å²) in [5.74, 6) is 0.318. The average Bonchev–Trinajstić information content (AvgIpc) is 2.85. The predicted molar refractivity (Wildman–Crippen MR) is 52.6 cm³/mol. The molecule has 1 saturated heterocycles. The van der Waals surface area contributed by atoms with E-state index in [0.29, 0.717) is 12.6 Å². The lowest BCUT2D eigenvalue weighted by Crippen LogP contribution is -2.57. The summed E-state index contributed by atoms with van der Waals surface area (Å²) in [7, 11) is 0. The fraction of sp³-hybridized carbons (Fsp3) is 1.00. The average molecular weight is 225 g/mol. The maximum absolute atomic E-state index is 9.91. The Kier molecular flexibility index (Phi) is 3.01. The number of nitrogens with one attached hydrogen (secondary N) is 2. The third-order valence-electron chi connectivity index (χ3n) is 2.77. The maximum atomic E-state index is 9.91. The van der Waals surface area contributed by atoms with Crippen LogP contribution in [0.4, 0.5) is 0 Å². The molecule has 76 valence electrons. The Morgan fingerprint density at radius 2 is 1.69 bits per heavy atom. The van der Waals surface area contributed by atoms with E-state index in [1.165, 1.54) is 0 Å². The third kappa shape index (κ3) is 2.10. The van der Waals surface area contributed by atoms with Crippen molar-refractivity contribution in [3.05, 3.63) is 0 Å². The van der Waals surface area contributed by atoms with Crippen LogP contribution in [0.1, 0.15) is 12.8 Å². The lowest BCUT2D eigenvalue weighted by Gasteiger charge is -2.36. The van der Waals surface area contributed by atoms with Crippen LogP contribution in [0.25, 0.3) is 0 Å². The van der Waals surface area contributed by atoms with Crippen molar-refractivity contribution in [2.75, 3.05) is 6.67 Å². The highest BCUT2D eigenvalue weighted by Gasteiger charge is 2.43. The topological polar surface area (TPSA) is 44.3 Å². The minimum Gasteiger partial charge on any atom is -0.392 e. The Morgan fingerprint density at radius 3 is 2.15 bits per heavy atom. The molecule has 1 aliphatic heterocycles. The van der Waals surface area contributed by atoms with E-state index < -0.39 is 0 Å². The molecule has 0 bridgehead atoms. The molecule has 3 nitrogen and oxygen atoms in total. The van der Waals surface area contributed by atoms with Gasteiger partial charge in [-0.15, -0.1) is 23.2 Å². The summed E-state index contributed by atoms with van der Waals surface area (Å²) in [5, 5.41) is 16.0. The van der Waals surface area contributed by atoms with Gasteiger partial charge in [0.2, 0.25) is 0 Å². The van der Waals surface area contributed by atoms with Gasteiger partial charge >= 0.3 is 0 Å². The van der Waals surface area contributed by atoms with Crippen molar-refractivity contribution in [3.63, 3.8) is 0 Å². The Bertz CT molecular complexity index is 179. The molecule has 1 saturated carbocycles. The summed E-state index contributed by atoms with van der Waals surface area (Å²) >= 11 is 12.1. The summed E-state index contributed by atoms with van der Waals surface area (Å²) in [6.07, 6.45) is 1.83. The van der Waals surface area contributed by atoms with E-state index >= 15 is 0 Å². The molecule has 0 spiro atoms. The molecule has 3 unspecified atom stereocenters. The Morgan fingerprint density at radius 1 is 1.15 bits per heavy atom. The van der Waals surface area contributed by atoms with Gasteiger partial charge in [-0.3, -0.25) is 10.6 Å². The molecule has 1 aliphatic carbocycles. The van der Waals surface area contributed by atoms with Crippen molar-refractivity contribution in [2.24, 2.45) is 11.8 Å². The SMILES string of the molecule is OC(C1CC1)C1C(Cl)NCNC1Cl. The van der Waals surface area contributed by atoms with Gasteiger partial charge < -0.3 is 5.11 Å². The molecule has 0 aromatic rings. The van der Waals surface area contributed by atoms with Crippen LogP contribution in [0.5, 0.6) is 0 Å². The molecular formula is C8H14Cl2N2O. The van der Waals surface area contributed by atoms with Crippen LogP contribution in [0.3, 0.4) is 0 Å². The van der Waals surface area contributed by atoms with Crippen molar-refractivity contribution in [3.8, 4) is 0 Å². The lowest BCUT2D eigenvalue weighted by molar-refractivity contribution is 0.0608. The van der Waals surface area contributed by atoms with Crippen LogP contribution in [0.2, 0.25) is 0 Å². The Balaban J connectivity index is 1.99. The summed E-state index contributed by atoms with van der Waals surface area (Å²) < 4.78 is 0. The highest BCUT2D eigenvalue weighted by Crippen LogP contribution is 2.39. The second kappa shape index (κ2) is 3.91. The van der Waals surface area contributed by atoms with E-state index in [0.717, 1.165) is 12.8 Å². The van der Waals surface area contributed by atoms with Crippen molar-refractivity contribution >= 4 is 23.2 Å². The maximum Gasteiger partial charge on any atom is 0.0915 e. The van der Waals surface area contributed by atoms with E-state index in [1.807, 2.05) is 0 Å². The van der Waals surface area contributed by atoms with Crippen molar-refractivity contribution < 1.29 is 5.11 Å². The molecule has 0 aromatic heterocycles. The second-order valence-electron chi connectivity index (χ2n) is 3.79. The number of hydrogen-bond donors (Lipinski definition) is 3. The van der Waals surface area contributed by atoms with E-state index in [9.17, 15) is 5.11 Å². The van der Waals surface area contributed by atoms with Crippen molar-refractivity contribution in [1.29, 1.82) is 0 Å². The first kappa shape index (κ1) is 9.99. The van der Waals surface area contributed by atoms with Crippen LogP contribution in [0, 0.1) is 11.8 Å². The van der Waals surface area contributed by atoms with E-state index in [2.05, 4.69) is 10.6 Å². The van der Waals surface area contributed by atoms with Gasteiger partial charge in [0.25, 0.3) is 0 Å². The number of aliphatic hydroxyl groups excluding tert-OH is 1. The molecule has 1 heterocycles. The zero-order chi connectivity index (χ0) is 9.42.